The third kappa shape index (κ3) is 5.19. The van der Waals surface area contributed by atoms with E-state index in [0.29, 0.717) is 12.5 Å². The third-order valence-corrected chi connectivity index (χ3v) is 5.82. The van der Waals surface area contributed by atoms with Crippen LogP contribution in [0.3, 0.4) is 0 Å². The maximum absolute atomic E-state index is 13.0. The Balaban J connectivity index is 1.38. The van der Waals surface area contributed by atoms with E-state index in [4.69, 9.17) is 5.11 Å². The third-order valence-electron chi connectivity index (χ3n) is 5.82. The van der Waals surface area contributed by atoms with Gasteiger partial charge in [0.05, 0.1) is 6.54 Å². The zero-order chi connectivity index (χ0) is 19.4. The zero-order valence-corrected chi connectivity index (χ0v) is 15.7. The lowest BCUT2D eigenvalue weighted by Gasteiger charge is -2.42. The number of hydrogen-bond acceptors (Lipinski definition) is 3. The van der Waals surface area contributed by atoms with Crippen molar-refractivity contribution in [3.05, 3.63) is 35.6 Å². The van der Waals surface area contributed by atoms with Crippen LogP contribution in [0.4, 0.5) is 9.18 Å². The topological polar surface area (TPSA) is 81.7 Å². The number of amides is 2. The van der Waals surface area contributed by atoms with Gasteiger partial charge in [-0.15, -0.1) is 0 Å². The molecule has 2 amide bonds. The molecule has 0 spiro atoms. The SMILES string of the molecule is CCN(CC(=O)O)C1CC(NC(=O)NC2CCC(c3ccc(F)cc3)C2)C1. The number of likely N-dealkylation sites (N-methyl/N-ethyl adjacent to an activating group) is 1. The van der Waals surface area contributed by atoms with Crippen LogP contribution in [-0.4, -0.2) is 53.2 Å². The predicted molar refractivity (Wildman–Crippen MR) is 100 cm³/mol. The van der Waals surface area contributed by atoms with Crippen LogP contribution in [0.25, 0.3) is 0 Å². The van der Waals surface area contributed by atoms with Crippen LogP contribution >= 0.6 is 0 Å². The molecule has 7 heteroatoms. The van der Waals surface area contributed by atoms with E-state index >= 15 is 0 Å². The number of urea groups is 1. The molecule has 1 aromatic carbocycles. The standard InChI is InChI=1S/C20H28FN3O3/c1-2-24(12-19(25)26)18-10-17(11-18)23-20(27)22-16-8-5-14(9-16)13-3-6-15(21)7-4-13/h3-4,6-7,14,16-18H,2,5,8-12H2,1H3,(H,25,26)(H2,22,23,27). The number of benzene rings is 1. The van der Waals surface area contributed by atoms with E-state index in [2.05, 4.69) is 10.6 Å². The van der Waals surface area contributed by atoms with Crippen LogP contribution in [0, 0.1) is 5.82 Å². The van der Waals surface area contributed by atoms with Gasteiger partial charge in [-0.25, -0.2) is 9.18 Å². The highest BCUT2D eigenvalue weighted by Crippen LogP contribution is 2.34. The summed E-state index contributed by atoms with van der Waals surface area (Å²) in [5.41, 5.74) is 1.13. The number of nitrogens with zero attached hydrogens (tertiary/aromatic N) is 1. The van der Waals surface area contributed by atoms with Crippen molar-refractivity contribution in [2.24, 2.45) is 0 Å². The quantitative estimate of drug-likeness (QED) is 0.682. The maximum atomic E-state index is 13.0. The fraction of sp³-hybridized carbons (Fsp3) is 0.600. The second-order valence-corrected chi connectivity index (χ2v) is 7.66. The van der Waals surface area contributed by atoms with Crippen LogP contribution in [0.15, 0.2) is 24.3 Å². The molecule has 2 unspecified atom stereocenters. The minimum Gasteiger partial charge on any atom is -0.480 e. The Morgan fingerprint density at radius 1 is 1.11 bits per heavy atom. The number of hydrogen-bond donors (Lipinski definition) is 3. The number of carbonyl (C=O) groups excluding carboxylic acids is 1. The van der Waals surface area contributed by atoms with Gasteiger partial charge in [0.25, 0.3) is 0 Å². The second kappa shape index (κ2) is 8.69. The van der Waals surface area contributed by atoms with E-state index in [0.717, 1.165) is 37.7 Å². The fourth-order valence-electron chi connectivity index (χ4n) is 4.24. The number of rotatable bonds is 7. The van der Waals surface area contributed by atoms with E-state index in [1.165, 1.54) is 12.1 Å². The number of nitrogens with one attached hydrogen (secondary N) is 2. The van der Waals surface area contributed by atoms with Crippen LogP contribution in [0.2, 0.25) is 0 Å². The zero-order valence-electron chi connectivity index (χ0n) is 15.7. The van der Waals surface area contributed by atoms with Gasteiger partial charge in [0, 0.05) is 18.1 Å². The molecule has 27 heavy (non-hydrogen) atoms. The van der Waals surface area contributed by atoms with Gasteiger partial charge in [0.15, 0.2) is 0 Å². The normalized spacial score (nSPS) is 27.2. The molecule has 6 nitrogen and oxygen atoms in total. The van der Waals surface area contributed by atoms with Gasteiger partial charge in [-0.1, -0.05) is 19.1 Å². The summed E-state index contributed by atoms with van der Waals surface area (Å²) in [6.07, 6.45) is 4.36. The van der Waals surface area contributed by atoms with E-state index in [9.17, 15) is 14.0 Å². The molecule has 2 saturated carbocycles. The number of carbonyl (C=O) groups is 2. The number of carboxylic acid groups (broad SMARTS) is 1. The fourth-order valence-corrected chi connectivity index (χ4v) is 4.24. The number of aliphatic carboxylic acids is 1. The summed E-state index contributed by atoms with van der Waals surface area (Å²) >= 11 is 0. The smallest absolute Gasteiger partial charge is 0.317 e. The highest BCUT2D eigenvalue weighted by atomic mass is 19.1. The molecular weight excluding hydrogens is 349 g/mol. The summed E-state index contributed by atoms with van der Waals surface area (Å²) in [5.74, 6) is -0.685. The molecular formula is C20H28FN3O3. The van der Waals surface area contributed by atoms with Crippen LogP contribution < -0.4 is 10.6 Å². The lowest BCUT2D eigenvalue weighted by atomic mass is 9.85. The predicted octanol–water partition coefficient (Wildman–Crippen LogP) is 2.70. The van der Waals surface area contributed by atoms with Crippen molar-refractivity contribution in [2.45, 2.75) is 63.1 Å². The summed E-state index contributed by atoms with van der Waals surface area (Å²) in [5, 5.41) is 15.0. The van der Waals surface area contributed by atoms with Crippen molar-refractivity contribution in [3.63, 3.8) is 0 Å². The molecule has 0 heterocycles. The Hall–Kier alpha value is -2.15. The molecule has 0 aliphatic heterocycles. The summed E-state index contributed by atoms with van der Waals surface area (Å²) in [4.78, 5) is 25.0. The molecule has 0 saturated heterocycles. The Morgan fingerprint density at radius 2 is 1.78 bits per heavy atom. The van der Waals surface area contributed by atoms with Crippen LogP contribution in [0.5, 0.6) is 0 Å². The molecule has 0 radical (unpaired) electrons. The molecule has 2 atom stereocenters. The van der Waals surface area contributed by atoms with Gasteiger partial charge < -0.3 is 15.7 Å². The first kappa shape index (κ1) is 19.6. The summed E-state index contributed by atoms with van der Waals surface area (Å²) in [6.45, 7) is 2.70. The molecule has 3 N–H and O–H groups in total. The summed E-state index contributed by atoms with van der Waals surface area (Å²) < 4.78 is 13.0. The first-order chi connectivity index (χ1) is 12.9. The van der Waals surface area contributed by atoms with Crippen molar-refractivity contribution >= 4 is 12.0 Å². The Bertz CT molecular complexity index is 661. The highest BCUT2D eigenvalue weighted by Gasteiger charge is 2.35. The molecule has 2 aliphatic rings. The van der Waals surface area contributed by atoms with Crippen LogP contribution in [0.1, 0.15) is 50.5 Å². The van der Waals surface area contributed by atoms with Crippen LogP contribution in [-0.2, 0) is 4.79 Å². The van der Waals surface area contributed by atoms with E-state index < -0.39 is 5.97 Å². The average Bonchev–Trinajstić information content (AvgIpc) is 3.04. The minimum absolute atomic E-state index is 0.0485. The summed E-state index contributed by atoms with van der Waals surface area (Å²) in [6, 6.07) is 6.94. The lowest BCUT2D eigenvalue weighted by Crippen LogP contribution is -2.57. The first-order valence-electron chi connectivity index (χ1n) is 9.73. The van der Waals surface area contributed by atoms with Gasteiger partial charge in [-0.2, -0.15) is 0 Å². The Morgan fingerprint density at radius 3 is 2.41 bits per heavy atom. The van der Waals surface area contributed by atoms with Gasteiger partial charge in [0.2, 0.25) is 0 Å². The second-order valence-electron chi connectivity index (χ2n) is 7.66. The molecule has 2 aliphatic carbocycles. The Labute approximate surface area is 159 Å². The van der Waals surface area contributed by atoms with E-state index in [1.54, 1.807) is 0 Å². The van der Waals surface area contributed by atoms with Crippen molar-refractivity contribution in [2.75, 3.05) is 13.1 Å². The van der Waals surface area contributed by atoms with Crippen molar-refractivity contribution in [1.82, 2.24) is 15.5 Å². The molecule has 148 valence electrons. The lowest BCUT2D eigenvalue weighted by molar-refractivity contribution is -0.139. The Kier molecular flexibility index (Phi) is 6.31. The monoisotopic (exact) mass is 377 g/mol. The van der Waals surface area contributed by atoms with Crippen molar-refractivity contribution in [1.29, 1.82) is 0 Å². The molecule has 3 rings (SSSR count). The van der Waals surface area contributed by atoms with E-state index in [1.807, 2.05) is 24.0 Å². The van der Waals surface area contributed by atoms with Gasteiger partial charge in [0.1, 0.15) is 5.82 Å². The van der Waals surface area contributed by atoms with Gasteiger partial charge in [-0.3, -0.25) is 9.69 Å². The van der Waals surface area contributed by atoms with Crippen molar-refractivity contribution < 1.29 is 19.1 Å². The van der Waals surface area contributed by atoms with Gasteiger partial charge in [-0.05, 0) is 62.3 Å². The average molecular weight is 377 g/mol. The number of carboxylic acids is 1. The number of halogens is 1. The highest BCUT2D eigenvalue weighted by molar-refractivity contribution is 5.74. The molecule has 1 aromatic rings. The first-order valence-corrected chi connectivity index (χ1v) is 9.73. The minimum atomic E-state index is -0.817. The molecule has 0 aromatic heterocycles. The van der Waals surface area contributed by atoms with Gasteiger partial charge >= 0.3 is 12.0 Å². The maximum Gasteiger partial charge on any atom is 0.317 e. The largest absolute Gasteiger partial charge is 0.480 e. The summed E-state index contributed by atoms with van der Waals surface area (Å²) in [7, 11) is 0. The molecule has 0 bridgehead atoms. The van der Waals surface area contributed by atoms with E-state index in [-0.39, 0.29) is 36.5 Å². The van der Waals surface area contributed by atoms with Crippen molar-refractivity contribution in [3.8, 4) is 0 Å². The molecule has 2 fully saturated rings.